The Labute approximate surface area is 129 Å². The number of benzene rings is 1. The van der Waals surface area contributed by atoms with Gasteiger partial charge in [0.05, 0.1) is 20.3 Å². The van der Waals surface area contributed by atoms with E-state index in [0.29, 0.717) is 25.3 Å². The van der Waals surface area contributed by atoms with Crippen LogP contribution in [0.25, 0.3) is 0 Å². The molecule has 0 aliphatic carbocycles. The standard InChI is InChI=1S/C14H18N2O4.ClH/c1-19-14(18)12-9-16(6-7-20-12)13(17)11-4-2-10(8-15)3-5-11;/h2-5,12H,6-9,15H2,1H3;1H. The van der Waals surface area contributed by atoms with E-state index in [1.807, 2.05) is 12.1 Å². The van der Waals surface area contributed by atoms with E-state index in [2.05, 4.69) is 4.74 Å². The topological polar surface area (TPSA) is 81.9 Å². The van der Waals surface area contributed by atoms with Crippen LogP contribution in [0.5, 0.6) is 0 Å². The van der Waals surface area contributed by atoms with Crippen LogP contribution in [-0.4, -0.2) is 49.7 Å². The molecule has 1 aliphatic heterocycles. The smallest absolute Gasteiger partial charge is 0.336 e. The van der Waals surface area contributed by atoms with E-state index >= 15 is 0 Å². The Morgan fingerprint density at radius 2 is 2.05 bits per heavy atom. The third-order valence-electron chi connectivity index (χ3n) is 3.25. The quantitative estimate of drug-likeness (QED) is 0.825. The maximum atomic E-state index is 12.3. The number of amides is 1. The molecule has 1 aromatic rings. The molecule has 1 fully saturated rings. The molecule has 0 radical (unpaired) electrons. The number of esters is 1. The highest BCUT2D eigenvalue weighted by Gasteiger charge is 2.30. The summed E-state index contributed by atoms with van der Waals surface area (Å²) in [5.41, 5.74) is 7.07. The van der Waals surface area contributed by atoms with Crippen molar-refractivity contribution >= 4 is 24.3 Å². The van der Waals surface area contributed by atoms with Crippen molar-refractivity contribution in [2.75, 3.05) is 26.8 Å². The van der Waals surface area contributed by atoms with Crippen LogP contribution in [0.3, 0.4) is 0 Å². The molecule has 6 nitrogen and oxygen atoms in total. The summed E-state index contributed by atoms with van der Waals surface area (Å²) in [4.78, 5) is 25.4. The van der Waals surface area contributed by atoms with E-state index < -0.39 is 12.1 Å². The van der Waals surface area contributed by atoms with Crippen molar-refractivity contribution in [2.45, 2.75) is 12.6 Å². The van der Waals surface area contributed by atoms with Crippen molar-refractivity contribution in [3.05, 3.63) is 35.4 Å². The van der Waals surface area contributed by atoms with Gasteiger partial charge in [0.25, 0.3) is 5.91 Å². The van der Waals surface area contributed by atoms with Gasteiger partial charge >= 0.3 is 5.97 Å². The van der Waals surface area contributed by atoms with Crippen LogP contribution in [0.1, 0.15) is 15.9 Å². The molecule has 1 aromatic carbocycles. The van der Waals surface area contributed by atoms with Gasteiger partial charge in [-0.25, -0.2) is 4.79 Å². The molecule has 1 aliphatic rings. The summed E-state index contributed by atoms with van der Waals surface area (Å²) in [5, 5.41) is 0. The number of halogens is 1. The molecule has 1 heterocycles. The van der Waals surface area contributed by atoms with Crippen molar-refractivity contribution in [3.63, 3.8) is 0 Å². The van der Waals surface area contributed by atoms with Crippen LogP contribution in [0.4, 0.5) is 0 Å². The van der Waals surface area contributed by atoms with Gasteiger partial charge in [-0.15, -0.1) is 12.4 Å². The first-order valence-corrected chi connectivity index (χ1v) is 6.43. The number of rotatable bonds is 3. The number of hydrogen-bond donors (Lipinski definition) is 1. The molecule has 2 N–H and O–H groups in total. The molecule has 21 heavy (non-hydrogen) atoms. The summed E-state index contributed by atoms with van der Waals surface area (Å²) in [5.74, 6) is -0.577. The molecule has 0 spiro atoms. The molecule has 0 bridgehead atoms. The molecule has 116 valence electrons. The monoisotopic (exact) mass is 314 g/mol. The van der Waals surface area contributed by atoms with Gasteiger partial charge < -0.3 is 20.1 Å². The van der Waals surface area contributed by atoms with Gasteiger partial charge in [-0.1, -0.05) is 12.1 Å². The summed E-state index contributed by atoms with van der Waals surface area (Å²) in [6.07, 6.45) is -0.707. The summed E-state index contributed by atoms with van der Waals surface area (Å²) >= 11 is 0. The Balaban J connectivity index is 0.00000220. The minimum absolute atomic E-state index is 0. The summed E-state index contributed by atoms with van der Waals surface area (Å²) in [6, 6.07) is 7.14. The number of ether oxygens (including phenoxy) is 2. The second-order valence-electron chi connectivity index (χ2n) is 4.53. The fraction of sp³-hybridized carbons (Fsp3) is 0.429. The number of hydrogen-bond acceptors (Lipinski definition) is 5. The number of nitrogens with two attached hydrogens (primary N) is 1. The van der Waals surface area contributed by atoms with Crippen LogP contribution in [0, 0.1) is 0 Å². The van der Waals surface area contributed by atoms with Crippen LogP contribution < -0.4 is 5.73 Å². The highest BCUT2D eigenvalue weighted by molar-refractivity contribution is 5.94. The normalized spacial score (nSPS) is 17.8. The van der Waals surface area contributed by atoms with Crippen LogP contribution >= 0.6 is 12.4 Å². The number of methoxy groups -OCH3 is 1. The number of carbonyl (C=O) groups excluding carboxylic acids is 2. The number of nitrogens with zero attached hydrogens (tertiary/aromatic N) is 1. The summed E-state index contributed by atoms with van der Waals surface area (Å²) in [7, 11) is 1.30. The lowest BCUT2D eigenvalue weighted by atomic mass is 10.1. The zero-order valence-corrected chi connectivity index (χ0v) is 12.6. The predicted octanol–water partition coefficient (Wildman–Crippen LogP) is 0.581. The third-order valence-corrected chi connectivity index (χ3v) is 3.25. The van der Waals surface area contributed by atoms with Gasteiger partial charge in [0.1, 0.15) is 0 Å². The van der Waals surface area contributed by atoms with E-state index in [9.17, 15) is 9.59 Å². The molecule has 1 saturated heterocycles. The minimum Gasteiger partial charge on any atom is -0.467 e. The van der Waals surface area contributed by atoms with Crippen molar-refractivity contribution in [1.82, 2.24) is 4.90 Å². The first-order valence-electron chi connectivity index (χ1n) is 6.43. The van der Waals surface area contributed by atoms with Gasteiger partial charge in [0.15, 0.2) is 6.10 Å². The summed E-state index contributed by atoms with van der Waals surface area (Å²) < 4.78 is 9.94. The first kappa shape index (κ1) is 17.4. The second-order valence-corrected chi connectivity index (χ2v) is 4.53. The Morgan fingerprint density at radius 3 is 2.62 bits per heavy atom. The minimum atomic E-state index is -0.707. The van der Waals surface area contributed by atoms with Crippen molar-refractivity contribution in [3.8, 4) is 0 Å². The average molecular weight is 315 g/mol. The van der Waals surface area contributed by atoms with E-state index in [-0.39, 0.29) is 24.9 Å². The SMILES string of the molecule is COC(=O)C1CN(C(=O)c2ccc(CN)cc2)CCO1.Cl. The molecule has 1 amide bonds. The molecular weight excluding hydrogens is 296 g/mol. The van der Waals surface area contributed by atoms with Gasteiger partial charge in [0.2, 0.25) is 0 Å². The number of carbonyl (C=O) groups is 2. The van der Waals surface area contributed by atoms with Gasteiger partial charge in [-0.3, -0.25) is 4.79 Å². The molecule has 0 aromatic heterocycles. The zero-order valence-electron chi connectivity index (χ0n) is 11.8. The molecule has 0 saturated carbocycles. The third kappa shape index (κ3) is 4.17. The van der Waals surface area contributed by atoms with Crippen molar-refractivity contribution in [1.29, 1.82) is 0 Å². The van der Waals surface area contributed by atoms with Gasteiger partial charge in [-0.2, -0.15) is 0 Å². The largest absolute Gasteiger partial charge is 0.467 e. The van der Waals surface area contributed by atoms with Crippen molar-refractivity contribution in [2.24, 2.45) is 5.73 Å². The Bertz CT molecular complexity index is 492. The lowest BCUT2D eigenvalue weighted by Gasteiger charge is -2.31. The van der Waals surface area contributed by atoms with Crippen LogP contribution in [0.2, 0.25) is 0 Å². The lowest BCUT2D eigenvalue weighted by Crippen LogP contribution is -2.48. The Hall–Kier alpha value is -1.63. The van der Waals surface area contributed by atoms with Crippen LogP contribution in [-0.2, 0) is 20.8 Å². The molecule has 1 unspecified atom stereocenters. The fourth-order valence-corrected chi connectivity index (χ4v) is 2.07. The maximum absolute atomic E-state index is 12.3. The lowest BCUT2D eigenvalue weighted by molar-refractivity contribution is -0.158. The molecule has 2 rings (SSSR count). The molecular formula is C14H19ClN2O4. The van der Waals surface area contributed by atoms with E-state index in [4.69, 9.17) is 10.5 Å². The highest BCUT2D eigenvalue weighted by atomic mass is 35.5. The maximum Gasteiger partial charge on any atom is 0.336 e. The molecule has 7 heteroatoms. The van der Waals surface area contributed by atoms with E-state index in [1.165, 1.54) is 7.11 Å². The number of morpholine rings is 1. The average Bonchev–Trinajstić information content (AvgIpc) is 2.53. The van der Waals surface area contributed by atoms with Crippen molar-refractivity contribution < 1.29 is 19.1 Å². The summed E-state index contributed by atoms with van der Waals surface area (Å²) in [6.45, 7) is 1.44. The Kier molecular flexibility index (Phi) is 6.61. The van der Waals surface area contributed by atoms with E-state index in [1.54, 1.807) is 17.0 Å². The van der Waals surface area contributed by atoms with Crippen LogP contribution in [0.15, 0.2) is 24.3 Å². The second kappa shape index (κ2) is 7.97. The zero-order chi connectivity index (χ0) is 14.5. The van der Waals surface area contributed by atoms with Gasteiger partial charge in [0, 0.05) is 18.7 Å². The predicted molar refractivity (Wildman–Crippen MR) is 79.2 cm³/mol. The van der Waals surface area contributed by atoms with E-state index in [0.717, 1.165) is 5.56 Å². The molecule has 1 atom stereocenters. The highest BCUT2D eigenvalue weighted by Crippen LogP contribution is 2.12. The fourth-order valence-electron chi connectivity index (χ4n) is 2.07. The first-order chi connectivity index (χ1) is 9.65. The van der Waals surface area contributed by atoms with Gasteiger partial charge in [-0.05, 0) is 17.7 Å². The Morgan fingerprint density at radius 1 is 1.38 bits per heavy atom.